The third-order valence-electron chi connectivity index (χ3n) is 6.17. The zero-order chi connectivity index (χ0) is 29.6. The summed E-state index contributed by atoms with van der Waals surface area (Å²) in [5.41, 5.74) is 2.56. The van der Waals surface area contributed by atoms with E-state index < -0.39 is 28.5 Å². The number of halogens is 3. The number of carbonyl (C=O) groups is 2. The minimum atomic E-state index is -3.86. The van der Waals surface area contributed by atoms with Gasteiger partial charge in [-0.1, -0.05) is 75.5 Å². The standard InChI is InChI=1S/C29H32BrCl2N3O4S/c1-19(2)33-29(37)27(15-21-8-6-5-7-9-21)34(17-22-10-11-23(31)16-26(22)32)28(36)18-35(40(4,38)39)24-12-13-25(30)20(3)14-24/h5-14,16,19,27H,15,17-18H2,1-4H3,(H,33,37)/t27-/m1/s1. The van der Waals surface area contributed by atoms with Crippen LogP contribution in [-0.4, -0.2) is 50.0 Å². The smallest absolute Gasteiger partial charge is 0.244 e. The second kappa shape index (κ2) is 13.9. The zero-order valence-electron chi connectivity index (χ0n) is 22.7. The molecular formula is C29H32BrCl2N3O4S. The second-order valence-corrected chi connectivity index (χ2v) is 13.4. The van der Waals surface area contributed by atoms with Gasteiger partial charge in [0.2, 0.25) is 21.8 Å². The van der Waals surface area contributed by atoms with Gasteiger partial charge in [0, 0.05) is 33.5 Å². The molecule has 3 aromatic rings. The Morgan fingerprint density at radius 1 is 1.00 bits per heavy atom. The maximum atomic E-state index is 14.1. The molecule has 2 amide bonds. The summed E-state index contributed by atoms with van der Waals surface area (Å²) in [6, 6.07) is 18.2. The predicted octanol–water partition coefficient (Wildman–Crippen LogP) is 6.00. The van der Waals surface area contributed by atoms with Gasteiger partial charge < -0.3 is 10.2 Å². The number of anilines is 1. The molecular weight excluding hydrogens is 637 g/mol. The SMILES string of the molecule is Cc1cc(N(CC(=O)N(Cc2ccc(Cl)cc2Cl)[C@H](Cc2ccccc2)C(=O)NC(C)C)S(C)(=O)=O)ccc1Br. The Balaban J connectivity index is 2.09. The molecule has 0 bridgehead atoms. The minimum absolute atomic E-state index is 0.0329. The number of hydrogen-bond donors (Lipinski definition) is 1. The van der Waals surface area contributed by atoms with E-state index in [2.05, 4.69) is 21.2 Å². The third kappa shape index (κ3) is 8.70. The molecule has 0 aliphatic heterocycles. The largest absolute Gasteiger partial charge is 0.352 e. The molecule has 0 saturated carbocycles. The van der Waals surface area contributed by atoms with Gasteiger partial charge in [0.25, 0.3) is 0 Å². The van der Waals surface area contributed by atoms with Crippen molar-refractivity contribution in [2.45, 2.75) is 45.8 Å². The highest BCUT2D eigenvalue weighted by Crippen LogP contribution is 2.27. The summed E-state index contributed by atoms with van der Waals surface area (Å²) in [6.45, 7) is 4.96. The van der Waals surface area contributed by atoms with Crippen LogP contribution in [0.1, 0.15) is 30.5 Å². The highest BCUT2D eigenvalue weighted by atomic mass is 79.9. The van der Waals surface area contributed by atoms with Gasteiger partial charge in [-0.3, -0.25) is 13.9 Å². The van der Waals surface area contributed by atoms with Gasteiger partial charge in [-0.2, -0.15) is 0 Å². The average Bonchev–Trinajstić information content (AvgIpc) is 2.87. The van der Waals surface area contributed by atoms with E-state index in [-0.39, 0.29) is 24.9 Å². The third-order valence-corrected chi connectivity index (χ3v) is 8.78. The van der Waals surface area contributed by atoms with E-state index in [4.69, 9.17) is 23.2 Å². The molecule has 3 aromatic carbocycles. The molecule has 0 unspecified atom stereocenters. The van der Waals surface area contributed by atoms with Gasteiger partial charge in [0.1, 0.15) is 12.6 Å². The van der Waals surface area contributed by atoms with Crippen molar-refractivity contribution < 1.29 is 18.0 Å². The van der Waals surface area contributed by atoms with Crippen LogP contribution in [0.4, 0.5) is 5.69 Å². The molecule has 1 atom stereocenters. The first-order valence-electron chi connectivity index (χ1n) is 12.6. The van der Waals surface area contributed by atoms with E-state index in [0.717, 1.165) is 26.2 Å². The highest BCUT2D eigenvalue weighted by Gasteiger charge is 2.33. The first kappa shape index (κ1) is 31.9. The molecule has 7 nitrogen and oxygen atoms in total. The van der Waals surface area contributed by atoms with E-state index in [1.807, 2.05) is 51.1 Å². The molecule has 3 rings (SSSR count). The van der Waals surface area contributed by atoms with Crippen LogP contribution in [0.25, 0.3) is 0 Å². The Hall–Kier alpha value is -2.59. The Kier molecular flexibility index (Phi) is 11.1. The Morgan fingerprint density at radius 2 is 1.68 bits per heavy atom. The fourth-order valence-electron chi connectivity index (χ4n) is 4.17. The average molecular weight is 669 g/mol. The summed E-state index contributed by atoms with van der Waals surface area (Å²) in [4.78, 5) is 29.1. The molecule has 0 heterocycles. The fourth-order valence-corrected chi connectivity index (χ4v) is 5.72. The van der Waals surface area contributed by atoms with Crippen LogP contribution in [0, 0.1) is 6.92 Å². The van der Waals surface area contributed by atoms with Crippen molar-refractivity contribution in [1.29, 1.82) is 0 Å². The summed E-state index contributed by atoms with van der Waals surface area (Å²) in [6.07, 6.45) is 1.26. The Bertz CT molecular complexity index is 1470. The number of carbonyl (C=O) groups excluding carboxylic acids is 2. The number of benzene rings is 3. The van der Waals surface area contributed by atoms with Gasteiger partial charge in [-0.25, -0.2) is 8.42 Å². The topological polar surface area (TPSA) is 86.8 Å². The Labute approximate surface area is 254 Å². The maximum absolute atomic E-state index is 14.1. The quantitative estimate of drug-likeness (QED) is 0.272. The molecule has 0 aliphatic rings. The summed E-state index contributed by atoms with van der Waals surface area (Å²) < 4.78 is 27.7. The maximum Gasteiger partial charge on any atom is 0.244 e. The van der Waals surface area contributed by atoms with E-state index in [1.165, 1.54) is 4.90 Å². The highest BCUT2D eigenvalue weighted by molar-refractivity contribution is 9.10. The number of amides is 2. The second-order valence-electron chi connectivity index (χ2n) is 9.83. The van der Waals surface area contributed by atoms with Crippen LogP contribution >= 0.6 is 39.1 Å². The van der Waals surface area contributed by atoms with Crippen molar-refractivity contribution in [2.24, 2.45) is 0 Å². The lowest BCUT2D eigenvalue weighted by Crippen LogP contribution is -2.54. The zero-order valence-corrected chi connectivity index (χ0v) is 26.6. The van der Waals surface area contributed by atoms with E-state index >= 15 is 0 Å². The summed E-state index contributed by atoms with van der Waals surface area (Å²) in [7, 11) is -3.86. The van der Waals surface area contributed by atoms with E-state index in [9.17, 15) is 18.0 Å². The molecule has 0 radical (unpaired) electrons. The van der Waals surface area contributed by atoms with Crippen LogP contribution in [0.5, 0.6) is 0 Å². The van der Waals surface area contributed by atoms with Crippen molar-refractivity contribution in [3.05, 3.63) is 97.9 Å². The summed E-state index contributed by atoms with van der Waals surface area (Å²) in [5.74, 6) is -0.917. The lowest BCUT2D eigenvalue weighted by molar-refractivity contribution is -0.140. The molecule has 0 aliphatic carbocycles. The van der Waals surface area contributed by atoms with Crippen molar-refractivity contribution in [3.63, 3.8) is 0 Å². The first-order chi connectivity index (χ1) is 18.8. The summed E-state index contributed by atoms with van der Waals surface area (Å²) in [5, 5.41) is 3.67. The van der Waals surface area contributed by atoms with Crippen LogP contribution in [0.2, 0.25) is 10.0 Å². The van der Waals surface area contributed by atoms with Gasteiger partial charge in [0.15, 0.2) is 0 Å². The number of nitrogens with zero attached hydrogens (tertiary/aromatic N) is 2. The molecule has 0 spiro atoms. The van der Waals surface area contributed by atoms with Gasteiger partial charge >= 0.3 is 0 Å². The first-order valence-corrected chi connectivity index (χ1v) is 16.0. The predicted molar refractivity (Wildman–Crippen MR) is 165 cm³/mol. The van der Waals surface area contributed by atoms with E-state index in [1.54, 1.807) is 36.4 Å². The molecule has 1 N–H and O–H groups in total. The molecule has 40 heavy (non-hydrogen) atoms. The number of aryl methyl sites for hydroxylation is 1. The number of hydrogen-bond acceptors (Lipinski definition) is 4. The number of rotatable bonds is 11. The van der Waals surface area contributed by atoms with Crippen molar-refractivity contribution in [2.75, 3.05) is 17.1 Å². The van der Waals surface area contributed by atoms with Crippen LogP contribution in [-0.2, 0) is 32.6 Å². The monoisotopic (exact) mass is 667 g/mol. The lowest BCUT2D eigenvalue weighted by Gasteiger charge is -2.34. The number of sulfonamides is 1. The molecule has 0 fully saturated rings. The molecule has 0 saturated heterocycles. The van der Waals surface area contributed by atoms with Gasteiger partial charge in [-0.05, 0) is 67.8 Å². The lowest BCUT2D eigenvalue weighted by atomic mass is 10.0. The normalized spacial score (nSPS) is 12.2. The van der Waals surface area contributed by atoms with Crippen molar-refractivity contribution in [1.82, 2.24) is 10.2 Å². The van der Waals surface area contributed by atoms with Gasteiger partial charge in [0.05, 0.1) is 11.9 Å². The fraction of sp³-hybridized carbons (Fsp3) is 0.310. The molecule has 11 heteroatoms. The Morgan fingerprint density at radius 3 is 2.25 bits per heavy atom. The molecule has 214 valence electrons. The molecule has 0 aromatic heterocycles. The summed E-state index contributed by atoms with van der Waals surface area (Å²) >= 11 is 16.0. The van der Waals surface area contributed by atoms with Crippen molar-refractivity contribution in [3.8, 4) is 0 Å². The number of nitrogens with one attached hydrogen (secondary N) is 1. The van der Waals surface area contributed by atoms with E-state index in [0.29, 0.717) is 21.3 Å². The van der Waals surface area contributed by atoms with Crippen LogP contribution < -0.4 is 9.62 Å². The van der Waals surface area contributed by atoms with Crippen LogP contribution in [0.15, 0.2) is 71.2 Å². The van der Waals surface area contributed by atoms with Crippen molar-refractivity contribution >= 4 is 66.7 Å². The minimum Gasteiger partial charge on any atom is -0.352 e. The van der Waals surface area contributed by atoms with Gasteiger partial charge in [-0.15, -0.1) is 0 Å². The van der Waals surface area contributed by atoms with Crippen LogP contribution in [0.3, 0.4) is 0 Å².